The first-order chi connectivity index (χ1) is 6.18. The topological polar surface area (TPSA) is 32.3 Å². The highest BCUT2D eigenvalue weighted by Crippen LogP contribution is 2.31. The highest BCUT2D eigenvalue weighted by atomic mass is 19.1. The number of phenolic OH excluding ortho intramolecular Hbond substituents is 1. The molecular formula is C10H12FNO. The van der Waals surface area contributed by atoms with Crippen LogP contribution < -0.4 is 5.32 Å². The van der Waals surface area contributed by atoms with Crippen LogP contribution in [0.4, 0.5) is 4.39 Å². The summed E-state index contributed by atoms with van der Waals surface area (Å²) in [5, 5.41) is 12.7. The van der Waals surface area contributed by atoms with Gasteiger partial charge in [-0.25, -0.2) is 4.39 Å². The third-order valence-corrected chi connectivity index (χ3v) is 2.51. The number of rotatable bonds is 1. The molecule has 1 aromatic rings. The second-order valence-electron chi connectivity index (χ2n) is 3.46. The third kappa shape index (κ3) is 1.40. The van der Waals surface area contributed by atoms with E-state index in [4.69, 9.17) is 0 Å². The van der Waals surface area contributed by atoms with Gasteiger partial charge in [-0.3, -0.25) is 0 Å². The molecule has 2 N–H and O–H groups in total. The fourth-order valence-electron chi connectivity index (χ4n) is 1.51. The van der Waals surface area contributed by atoms with Crippen LogP contribution in [-0.2, 0) is 0 Å². The third-order valence-electron chi connectivity index (χ3n) is 2.51. The normalized spacial score (nSPS) is 21.2. The lowest BCUT2D eigenvalue weighted by atomic mass is 9.96. The number of aromatic hydroxyl groups is 1. The van der Waals surface area contributed by atoms with E-state index in [2.05, 4.69) is 5.32 Å². The van der Waals surface area contributed by atoms with Crippen LogP contribution in [0.5, 0.6) is 5.75 Å². The second-order valence-corrected chi connectivity index (χ2v) is 3.46. The van der Waals surface area contributed by atoms with Crippen molar-refractivity contribution < 1.29 is 9.50 Å². The second kappa shape index (κ2) is 3.00. The molecule has 1 aliphatic rings. The molecule has 3 heteroatoms. The average Bonchev–Trinajstić information content (AvgIpc) is 1.96. The molecule has 13 heavy (non-hydrogen) atoms. The molecule has 0 spiro atoms. The number of aryl methyl sites for hydroxylation is 1. The van der Waals surface area contributed by atoms with Crippen molar-refractivity contribution in [3.05, 3.63) is 29.1 Å². The van der Waals surface area contributed by atoms with Gasteiger partial charge in [0.1, 0.15) is 11.6 Å². The Morgan fingerprint density at radius 3 is 2.77 bits per heavy atom. The molecule has 70 valence electrons. The van der Waals surface area contributed by atoms with Gasteiger partial charge in [-0.15, -0.1) is 0 Å². The van der Waals surface area contributed by atoms with Crippen LogP contribution in [-0.4, -0.2) is 11.7 Å². The van der Waals surface area contributed by atoms with Crippen LogP contribution >= 0.6 is 0 Å². The lowest BCUT2D eigenvalue weighted by Crippen LogP contribution is -2.35. The van der Waals surface area contributed by atoms with Gasteiger partial charge in [-0.2, -0.15) is 0 Å². The maximum absolute atomic E-state index is 13.1. The molecule has 1 aliphatic heterocycles. The van der Waals surface area contributed by atoms with Crippen molar-refractivity contribution >= 4 is 0 Å². The molecule has 2 nitrogen and oxygen atoms in total. The molecule has 0 aromatic heterocycles. The van der Waals surface area contributed by atoms with E-state index in [1.54, 1.807) is 6.92 Å². The van der Waals surface area contributed by atoms with E-state index in [0.29, 0.717) is 11.1 Å². The minimum Gasteiger partial charge on any atom is -0.508 e. The summed E-state index contributed by atoms with van der Waals surface area (Å²) in [4.78, 5) is 0. The molecule has 1 atom stereocenters. The number of phenols is 1. The van der Waals surface area contributed by atoms with E-state index in [1.807, 2.05) is 0 Å². The van der Waals surface area contributed by atoms with Crippen LogP contribution in [0.3, 0.4) is 0 Å². The van der Waals surface area contributed by atoms with Gasteiger partial charge in [0, 0.05) is 11.6 Å². The maximum Gasteiger partial charge on any atom is 0.126 e. The molecule has 0 bridgehead atoms. The van der Waals surface area contributed by atoms with Gasteiger partial charge in [0.2, 0.25) is 0 Å². The highest BCUT2D eigenvalue weighted by Gasteiger charge is 2.22. The maximum atomic E-state index is 13.1. The first kappa shape index (κ1) is 8.51. The predicted octanol–water partition coefficient (Wildman–Crippen LogP) is 1.87. The van der Waals surface area contributed by atoms with Gasteiger partial charge in [-0.05, 0) is 37.6 Å². The molecule has 2 rings (SSSR count). The first-order valence-electron chi connectivity index (χ1n) is 4.41. The zero-order valence-corrected chi connectivity index (χ0v) is 7.47. The Kier molecular flexibility index (Phi) is 1.96. The molecule has 1 saturated heterocycles. The fraction of sp³-hybridized carbons (Fsp3) is 0.400. The van der Waals surface area contributed by atoms with Crippen molar-refractivity contribution in [3.63, 3.8) is 0 Å². The Bertz CT molecular complexity index is 334. The Morgan fingerprint density at radius 1 is 1.54 bits per heavy atom. The lowest BCUT2D eigenvalue weighted by molar-refractivity contribution is 0.362. The summed E-state index contributed by atoms with van der Waals surface area (Å²) in [6.45, 7) is 2.59. The summed E-state index contributed by atoms with van der Waals surface area (Å²) in [7, 11) is 0. The standard InChI is InChI=1S/C10H12FNO/c1-6-4-10(13)7(5-8(6)11)9-2-3-12-9/h4-5,9,12-13H,2-3H2,1H3/t9-/m0/s1. The van der Waals surface area contributed by atoms with Gasteiger partial charge in [0.05, 0.1) is 0 Å². The van der Waals surface area contributed by atoms with Crippen molar-refractivity contribution in [1.29, 1.82) is 0 Å². The quantitative estimate of drug-likeness (QED) is 0.693. The van der Waals surface area contributed by atoms with Gasteiger partial charge >= 0.3 is 0 Å². The van der Waals surface area contributed by atoms with Gasteiger partial charge < -0.3 is 10.4 Å². The monoisotopic (exact) mass is 181 g/mol. The van der Waals surface area contributed by atoms with E-state index in [9.17, 15) is 9.50 Å². The summed E-state index contributed by atoms with van der Waals surface area (Å²) >= 11 is 0. The van der Waals surface area contributed by atoms with Crippen LogP contribution in [0.1, 0.15) is 23.6 Å². The number of hydrogen-bond acceptors (Lipinski definition) is 2. The van der Waals surface area contributed by atoms with Crippen LogP contribution in [0.2, 0.25) is 0 Å². The smallest absolute Gasteiger partial charge is 0.126 e. The SMILES string of the molecule is Cc1cc(O)c([C@@H]2CCN2)cc1F. The number of nitrogens with one attached hydrogen (secondary N) is 1. The fourth-order valence-corrected chi connectivity index (χ4v) is 1.51. The zero-order chi connectivity index (χ0) is 9.42. The van der Waals surface area contributed by atoms with Gasteiger partial charge in [0.25, 0.3) is 0 Å². The minimum absolute atomic E-state index is 0.134. The van der Waals surface area contributed by atoms with Gasteiger partial charge in [0.15, 0.2) is 0 Å². The van der Waals surface area contributed by atoms with Gasteiger partial charge in [-0.1, -0.05) is 0 Å². The molecule has 1 aromatic carbocycles. The zero-order valence-electron chi connectivity index (χ0n) is 7.47. The van der Waals surface area contributed by atoms with Crippen LogP contribution in [0, 0.1) is 12.7 Å². The first-order valence-corrected chi connectivity index (χ1v) is 4.41. The van der Waals surface area contributed by atoms with Crippen LogP contribution in [0.15, 0.2) is 12.1 Å². The summed E-state index contributed by atoms with van der Waals surface area (Å²) in [5.41, 5.74) is 1.16. The summed E-state index contributed by atoms with van der Waals surface area (Å²) in [5.74, 6) is -0.0578. The summed E-state index contributed by atoms with van der Waals surface area (Å²) < 4.78 is 13.1. The average molecular weight is 181 g/mol. The van der Waals surface area contributed by atoms with Crippen molar-refractivity contribution in [3.8, 4) is 5.75 Å². The van der Waals surface area contributed by atoms with E-state index >= 15 is 0 Å². The Hall–Kier alpha value is -1.09. The van der Waals surface area contributed by atoms with Crippen LogP contribution in [0.25, 0.3) is 0 Å². The van der Waals surface area contributed by atoms with E-state index < -0.39 is 0 Å². The summed E-state index contributed by atoms with van der Waals surface area (Å²) in [6, 6.07) is 3.03. The highest BCUT2D eigenvalue weighted by molar-refractivity contribution is 5.39. The number of hydrogen-bond donors (Lipinski definition) is 2. The molecule has 1 heterocycles. The minimum atomic E-state index is -0.249. The predicted molar refractivity (Wildman–Crippen MR) is 48.2 cm³/mol. The Labute approximate surface area is 76.4 Å². The van der Waals surface area contributed by atoms with Crippen molar-refractivity contribution in [2.75, 3.05) is 6.54 Å². The Morgan fingerprint density at radius 2 is 2.23 bits per heavy atom. The molecule has 1 fully saturated rings. The van der Waals surface area contributed by atoms with Crippen molar-refractivity contribution in [2.24, 2.45) is 0 Å². The molecule has 0 unspecified atom stereocenters. The van der Waals surface area contributed by atoms with E-state index in [-0.39, 0.29) is 17.6 Å². The largest absolute Gasteiger partial charge is 0.508 e. The molecular weight excluding hydrogens is 169 g/mol. The summed E-state index contributed by atoms with van der Waals surface area (Å²) in [6.07, 6.45) is 0.968. The molecule has 0 saturated carbocycles. The van der Waals surface area contributed by atoms with E-state index in [0.717, 1.165) is 13.0 Å². The Balaban J connectivity index is 2.39. The molecule has 0 aliphatic carbocycles. The van der Waals surface area contributed by atoms with Crippen molar-refractivity contribution in [2.45, 2.75) is 19.4 Å². The van der Waals surface area contributed by atoms with E-state index in [1.165, 1.54) is 12.1 Å². The molecule has 0 amide bonds. The lowest BCUT2D eigenvalue weighted by Gasteiger charge is -2.28. The number of benzene rings is 1. The number of halogens is 1. The molecule has 0 radical (unpaired) electrons. The van der Waals surface area contributed by atoms with Crippen molar-refractivity contribution in [1.82, 2.24) is 5.32 Å².